The Kier molecular flexibility index (Phi) is 5.01. The molecule has 0 amide bonds. The number of ketones is 1. The molecule has 0 fully saturated rings. The number of anilines is 1. The van der Waals surface area contributed by atoms with Crippen LogP contribution in [0.5, 0.6) is 5.75 Å². The van der Waals surface area contributed by atoms with Gasteiger partial charge in [0.15, 0.2) is 12.4 Å². The number of aromatic nitrogens is 2. The van der Waals surface area contributed by atoms with Crippen LogP contribution in [0.1, 0.15) is 42.0 Å². The van der Waals surface area contributed by atoms with E-state index in [1.807, 2.05) is 54.1 Å². The lowest BCUT2D eigenvalue weighted by Gasteiger charge is -2.33. The van der Waals surface area contributed by atoms with Gasteiger partial charge in [-0.3, -0.25) is 4.79 Å². The number of aryl methyl sites for hydroxylation is 1. The first-order valence-electron chi connectivity index (χ1n) is 10.7. The number of hydrogen-bond donors (Lipinski definition) is 2. The van der Waals surface area contributed by atoms with Gasteiger partial charge in [-0.2, -0.15) is 5.10 Å². The molecule has 1 atom stereocenters. The number of carbonyl (C=O) groups excluding carboxylic acids is 1. The summed E-state index contributed by atoms with van der Waals surface area (Å²) in [6.07, 6.45) is 2.18. The maximum absolute atomic E-state index is 13.0. The number of carboxylic acids is 1. The third-order valence-electron chi connectivity index (χ3n) is 5.99. The van der Waals surface area contributed by atoms with Gasteiger partial charge in [0.05, 0.1) is 11.4 Å². The number of nitrogens with zero attached hydrogens (tertiary/aromatic N) is 2. The van der Waals surface area contributed by atoms with Gasteiger partial charge in [0, 0.05) is 29.2 Å². The second kappa shape index (κ2) is 8.00. The van der Waals surface area contributed by atoms with E-state index in [-0.39, 0.29) is 11.7 Å². The van der Waals surface area contributed by atoms with E-state index in [9.17, 15) is 9.59 Å². The highest BCUT2D eigenvalue weighted by Gasteiger charge is 2.38. The van der Waals surface area contributed by atoms with E-state index in [0.29, 0.717) is 12.2 Å². The molecule has 0 spiro atoms. The SMILES string of the molecule is Cc1nn(-c2ccccc2)c2c1[C@H](c1ccc(OCC(=O)O)cc1)C1=C(CCCC1=O)N2. The van der Waals surface area contributed by atoms with E-state index < -0.39 is 12.6 Å². The second-order valence-electron chi connectivity index (χ2n) is 8.07. The standard InChI is InChI=1S/C25H23N3O4/c1-15-22-23(16-10-12-18(13-11-16)32-14-21(30)31)24-19(8-5-9-20(24)29)26-25(22)28(27-15)17-6-3-2-4-7-17/h2-4,6-7,10-13,23,26H,5,8-9,14H2,1H3,(H,30,31)/t23-/m0/s1. The summed E-state index contributed by atoms with van der Waals surface area (Å²) in [6.45, 7) is 1.57. The number of rotatable bonds is 5. The first-order chi connectivity index (χ1) is 15.5. The molecule has 5 rings (SSSR count). The number of fused-ring (bicyclic) bond motifs is 1. The highest BCUT2D eigenvalue weighted by atomic mass is 16.5. The number of aliphatic carboxylic acids is 1. The van der Waals surface area contributed by atoms with Gasteiger partial charge in [-0.15, -0.1) is 0 Å². The molecular formula is C25H23N3O4. The van der Waals surface area contributed by atoms with Gasteiger partial charge in [0.1, 0.15) is 11.6 Å². The summed E-state index contributed by atoms with van der Waals surface area (Å²) in [6, 6.07) is 17.3. The largest absolute Gasteiger partial charge is 0.482 e. The van der Waals surface area contributed by atoms with Crippen LogP contribution in [0.4, 0.5) is 5.82 Å². The lowest BCUT2D eigenvalue weighted by molar-refractivity contribution is -0.139. The summed E-state index contributed by atoms with van der Waals surface area (Å²) in [5.41, 5.74) is 5.51. The predicted octanol–water partition coefficient (Wildman–Crippen LogP) is 4.21. The minimum Gasteiger partial charge on any atom is -0.482 e. The van der Waals surface area contributed by atoms with Gasteiger partial charge < -0.3 is 15.2 Å². The fourth-order valence-electron chi connectivity index (χ4n) is 4.61. The molecule has 162 valence electrons. The summed E-state index contributed by atoms with van der Waals surface area (Å²) in [4.78, 5) is 23.8. The van der Waals surface area contributed by atoms with E-state index in [1.54, 1.807) is 12.1 Å². The molecule has 2 aliphatic rings. The monoisotopic (exact) mass is 429 g/mol. The minimum absolute atomic E-state index is 0.160. The smallest absolute Gasteiger partial charge is 0.341 e. The van der Waals surface area contributed by atoms with Crippen molar-refractivity contribution in [3.63, 3.8) is 0 Å². The van der Waals surface area contributed by atoms with Crippen molar-refractivity contribution in [1.82, 2.24) is 9.78 Å². The fourth-order valence-corrected chi connectivity index (χ4v) is 4.61. The molecule has 0 radical (unpaired) electrons. The van der Waals surface area contributed by atoms with Gasteiger partial charge >= 0.3 is 5.97 Å². The number of hydrogen-bond acceptors (Lipinski definition) is 5. The van der Waals surface area contributed by atoms with Gasteiger partial charge in [-0.05, 0) is 49.6 Å². The van der Waals surface area contributed by atoms with Crippen LogP contribution in [0.2, 0.25) is 0 Å². The van der Waals surface area contributed by atoms with Crippen molar-refractivity contribution >= 4 is 17.6 Å². The van der Waals surface area contributed by atoms with Crippen LogP contribution >= 0.6 is 0 Å². The molecule has 7 nitrogen and oxygen atoms in total. The Morgan fingerprint density at radius 1 is 1.16 bits per heavy atom. The highest BCUT2D eigenvalue weighted by Crippen LogP contribution is 2.47. The molecule has 1 aromatic heterocycles. The molecule has 0 bridgehead atoms. The summed E-state index contributed by atoms with van der Waals surface area (Å²) in [7, 11) is 0. The number of carbonyl (C=O) groups is 2. The van der Waals surface area contributed by atoms with Gasteiger partial charge in [0.2, 0.25) is 0 Å². The van der Waals surface area contributed by atoms with Crippen LogP contribution in [-0.2, 0) is 9.59 Å². The number of benzene rings is 2. The topological polar surface area (TPSA) is 93.5 Å². The summed E-state index contributed by atoms with van der Waals surface area (Å²) in [5.74, 6) is 0.265. The summed E-state index contributed by atoms with van der Waals surface area (Å²) in [5, 5.41) is 17.2. The zero-order valence-corrected chi connectivity index (χ0v) is 17.7. The minimum atomic E-state index is -1.02. The van der Waals surface area contributed by atoms with Gasteiger partial charge in [0.25, 0.3) is 0 Å². The van der Waals surface area contributed by atoms with Crippen molar-refractivity contribution in [2.75, 3.05) is 11.9 Å². The molecule has 3 aromatic rings. The summed E-state index contributed by atoms with van der Waals surface area (Å²) >= 11 is 0. The van der Waals surface area contributed by atoms with E-state index >= 15 is 0 Å². The average Bonchev–Trinajstić information content (AvgIpc) is 3.13. The Balaban J connectivity index is 1.63. The molecule has 0 unspecified atom stereocenters. The molecule has 2 N–H and O–H groups in total. The molecular weight excluding hydrogens is 406 g/mol. The Morgan fingerprint density at radius 3 is 2.62 bits per heavy atom. The number of Topliss-reactive ketones (excluding diaryl/α,β-unsaturated/α-hetero) is 1. The first-order valence-corrected chi connectivity index (χ1v) is 10.7. The van der Waals surface area contributed by atoms with Crippen LogP contribution < -0.4 is 10.1 Å². The predicted molar refractivity (Wildman–Crippen MR) is 119 cm³/mol. The van der Waals surface area contributed by atoms with E-state index in [1.165, 1.54) is 0 Å². The lowest BCUT2D eigenvalue weighted by atomic mass is 9.76. The number of ether oxygens (including phenoxy) is 1. The van der Waals surface area contributed by atoms with Crippen LogP contribution in [0, 0.1) is 6.92 Å². The quantitative estimate of drug-likeness (QED) is 0.631. The highest BCUT2D eigenvalue weighted by molar-refractivity contribution is 6.01. The van der Waals surface area contributed by atoms with Crippen LogP contribution in [0.15, 0.2) is 65.9 Å². The molecule has 32 heavy (non-hydrogen) atoms. The maximum Gasteiger partial charge on any atom is 0.341 e. The van der Waals surface area contributed by atoms with Crippen LogP contribution in [-0.4, -0.2) is 33.2 Å². The van der Waals surface area contributed by atoms with E-state index in [2.05, 4.69) is 5.32 Å². The lowest BCUT2D eigenvalue weighted by Crippen LogP contribution is -2.27. The van der Waals surface area contributed by atoms with E-state index in [4.69, 9.17) is 14.9 Å². The van der Waals surface area contributed by atoms with Crippen molar-refractivity contribution < 1.29 is 19.4 Å². The second-order valence-corrected chi connectivity index (χ2v) is 8.07. The van der Waals surface area contributed by atoms with Crippen molar-refractivity contribution in [3.8, 4) is 11.4 Å². The van der Waals surface area contributed by atoms with Crippen molar-refractivity contribution in [2.24, 2.45) is 0 Å². The fraction of sp³-hybridized carbons (Fsp3) is 0.240. The number of allylic oxidation sites excluding steroid dienone is 2. The molecule has 0 saturated heterocycles. The molecule has 0 saturated carbocycles. The number of para-hydroxylation sites is 1. The molecule has 2 heterocycles. The average molecular weight is 429 g/mol. The number of nitrogens with one attached hydrogen (secondary N) is 1. The molecule has 1 aliphatic carbocycles. The number of carboxylic acid groups (broad SMARTS) is 1. The van der Waals surface area contributed by atoms with Crippen molar-refractivity contribution in [2.45, 2.75) is 32.1 Å². The zero-order chi connectivity index (χ0) is 22.2. The van der Waals surface area contributed by atoms with E-state index in [0.717, 1.165) is 52.4 Å². The molecule has 2 aromatic carbocycles. The van der Waals surface area contributed by atoms with Crippen molar-refractivity contribution in [3.05, 3.63) is 82.7 Å². The third kappa shape index (κ3) is 3.45. The van der Waals surface area contributed by atoms with Gasteiger partial charge in [-0.1, -0.05) is 30.3 Å². The summed E-state index contributed by atoms with van der Waals surface area (Å²) < 4.78 is 7.19. The van der Waals surface area contributed by atoms with Gasteiger partial charge in [-0.25, -0.2) is 9.48 Å². The normalized spacial score (nSPS) is 17.4. The van der Waals surface area contributed by atoms with Crippen LogP contribution in [0.3, 0.4) is 0 Å². The Hall–Kier alpha value is -3.87. The third-order valence-corrected chi connectivity index (χ3v) is 5.99. The first kappa shape index (κ1) is 20.1. The molecule has 7 heteroatoms. The molecule has 1 aliphatic heterocycles. The Morgan fingerprint density at radius 2 is 1.91 bits per heavy atom. The zero-order valence-electron chi connectivity index (χ0n) is 17.7. The Bertz CT molecular complexity index is 1230. The van der Waals surface area contributed by atoms with Crippen LogP contribution in [0.25, 0.3) is 5.69 Å². The Labute approximate surface area is 185 Å². The van der Waals surface area contributed by atoms with Crippen molar-refractivity contribution in [1.29, 1.82) is 0 Å². The maximum atomic E-state index is 13.0.